The second-order valence-corrected chi connectivity index (χ2v) is 5.32. The molecule has 1 aliphatic rings. The molecule has 0 spiro atoms. The molecular weight excluding hydrogens is 222 g/mol. The van der Waals surface area contributed by atoms with Gasteiger partial charge in [0.2, 0.25) is 0 Å². The van der Waals surface area contributed by atoms with E-state index < -0.39 is 5.60 Å². The molecule has 1 aliphatic heterocycles. The number of fused-ring (bicyclic) bond motifs is 1. The van der Waals surface area contributed by atoms with Crippen molar-refractivity contribution in [3.05, 3.63) is 48.0 Å². The highest BCUT2D eigenvalue weighted by atomic mass is 16.3. The Bertz CT molecular complexity index is 551. The molecule has 0 radical (unpaired) electrons. The SMILES string of the molecule is CC(O)(c1cccc2ccccc12)[C@@H]1CCCN1. The first-order valence-corrected chi connectivity index (χ1v) is 6.63. The highest BCUT2D eigenvalue weighted by Gasteiger charge is 2.36. The third kappa shape index (κ3) is 1.82. The van der Waals surface area contributed by atoms with Crippen LogP contribution in [0.3, 0.4) is 0 Å². The molecule has 3 rings (SSSR count). The smallest absolute Gasteiger partial charge is 0.103 e. The van der Waals surface area contributed by atoms with E-state index in [1.807, 2.05) is 31.2 Å². The van der Waals surface area contributed by atoms with Gasteiger partial charge in [-0.05, 0) is 42.6 Å². The summed E-state index contributed by atoms with van der Waals surface area (Å²) in [6, 6.07) is 14.6. The second-order valence-electron chi connectivity index (χ2n) is 5.32. The van der Waals surface area contributed by atoms with Crippen LogP contribution in [0.2, 0.25) is 0 Å². The molecule has 2 atom stereocenters. The van der Waals surface area contributed by atoms with E-state index in [9.17, 15) is 5.11 Å². The standard InChI is InChI=1S/C16H19NO/c1-16(18,15-10-5-11-17-15)14-9-4-7-12-6-2-3-8-13(12)14/h2-4,6-9,15,17-18H,5,10-11H2,1H3/t15-,16?/m0/s1. The van der Waals surface area contributed by atoms with Crippen molar-refractivity contribution in [2.24, 2.45) is 0 Å². The summed E-state index contributed by atoms with van der Waals surface area (Å²) in [5, 5.41) is 16.7. The number of hydrogen-bond donors (Lipinski definition) is 2. The Hall–Kier alpha value is -1.38. The van der Waals surface area contributed by atoms with Crippen LogP contribution in [0.15, 0.2) is 42.5 Å². The van der Waals surface area contributed by atoms with Crippen LogP contribution < -0.4 is 5.32 Å². The summed E-state index contributed by atoms with van der Waals surface area (Å²) in [5.74, 6) is 0. The summed E-state index contributed by atoms with van der Waals surface area (Å²) in [6.07, 6.45) is 2.18. The van der Waals surface area contributed by atoms with Gasteiger partial charge in [0.15, 0.2) is 0 Å². The fraction of sp³-hybridized carbons (Fsp3) is 0.375. The molecule has 2 aromatic rings. The minimum absolute atomic E-state index is 0.156. The highest BCUT2D eigenvalue weighted by Crippen LogP contribution is 2.34. The molecule has 0 aromatic heterocycles. The van der Waals surface area contributed by atoms with Crippen LogP contribution in [-0.2, 0) is 5.60 Å². The zero-order chi connectivity index (χ0) is 12.6. The van der Waals surface area contributed by atoms with Crippen molar-refractivity contribution in [2.45, 2.75) is 31.4 Å². The number of hydrogen-bond acceptors (Lipinski definition) is 2. The molecule has 18 heavy (non-hydrogen) atoms. The first-order chi connectivity index (χ1) is 8.69. The number of rotatable bonds is 2. The summed E-state index contributed by atoms with van der Waals surface area (Å²) in [4.78, 5) is 0. The fourth-order valence-electron chi connectivity index (χ4n) is 3.02. The predicted molar refractivity (Wildman–Crippen MR) is 74.5 cm³/mol. The fourth-order valence-corrected chi connectivity index (χ4v) is 3.02. The Morgan fingerprint density at radius 1 is 1.17 bits per heavy atom. The molecule has 1 heterocycles. The highest BCUT2D eigenvalue weighted by molar-refractivity contribution is 5.86. The minimum atomic E-state index is -0.808. The van der Waals surface area contributed by atoms with E-state index in [0.29, 0.717) is 0 Å². The van der Waals surface area contributed by atoms with Gasteiger partial charge in [-0.1, -0.05) is 42.5 Å². The Balaban J connectivity index is 2.13. The Labute approximate surface area is 108 Å². The van der Waals surface area contributed by atoms with Gasteiger partial charge in [-0.2, -0.15) is 0 Å². The molecule has 2 nitrogen and oxygen atoms in total. The Morgan fingerprint density at radius 2 is 1.94 bits per heavy atom. The third-order valence-electron chi connectivity index (χ3n) is 4.07. The number of nitrogens with one attached hydrogen (secondary N) is 1. The lowest BCUT2D eigenvalue weighted by Crippen LogP contribution is -2.43. The molecule has 1 unspecified atom stereocenters. The minimum Gasteiger partial charge on any atom is -0.384 e. The van der Waals surface area contributed by atoms with Crippen LogP contribution in [0.1, 0.15) is 25.3 Å². The Morgan fingerprint density at radius 3 is 2.72 bits per heavy atom. The van der Waals surface area contributed by atoms with Gasteiger partial charge in [0.05, 0.1) is 0 Å². The van der Waals surface area contributed by atoms with Crippen LogP contribution in [0.5, 0.6) is 0 Å². The van der Waals surface area contributed by atoms with Gasteiger partial charge in [0.25, 0.3) is 0 Å². The number of benzene rings is 2. The molecule has 0 bridgehead atoms. The zero-order valence-corrected chi connectivity index (χ0v) is 10.7. The van der Waals surface area contributed by atoms with Gasteiger partial charge in [-0.3, -0.25) is 0 Å². The summed E-state index contributed by atoms with van der Waals surface area (Å²) < 4.78 is 0. The van der Waals surface area contributed by atoms with Gasteiger partial charge in [0, 0.05) is 6.04 Å². The quantitative estimate of drug-likeness (QED) is 0.847. The number of aliphatic hydroxyl groups is 1. The lowest BCUT2D eigenvalue weighted by molar-refractivity contribution is 0.0233. The lowest BCUT2D eigenvalue weighted by Gasteiger charge is -2.31. The van der Waals surface area contributed by atoms with E-state index in [4.69, 9.17) is 0 Å². The van der Waals surface area contributed by atoms with Crippen molar-refractivity contribution < 1.29 is 5.11 Å². The van der Waals surface area contributed by atoms with Crippen molar-refractivity contribution in [1.82, 2.24) is 5.32 Å². The topological polar surface area (TPSA) is 32.3 Å². The first kappa shape index (κ1) is 11.7. The molecule has 2 aromatic carbocycles. The van der Waals surface area contributed by atoms with E-state index in [-0.39, 0.29) is 6.04 Å². The van der Waals surface area contributed by atoms with Crippen LogP contribution in [0.25, 0.3) is 10.8 Å². The van der Waals surface area contributed by atoms with E-state index in [1.165, 1.54) is 5.39 Å². The summed E-state index contributed by atoms with van der Waals surface area (Å²) in [5.41, 5.74) is 0.220. The van der Waals surface area contributed by atoms with Gasteiger partial charge >= 0.3 is 0 Å². The normalized spacial score (nSPS) is 23.1. The van der Waals surface area contributed by atoms with Crippen molar-refractivity contribution in [2.75, 3.05) is 6.54 Å². The van der Waals surface area contributed by atoms with Crippen LogP contribution in [-0.4, -0.2) is 17.7 Å². The molecule has 2 N–H and O–H groups in total. The summed E-state index contributed by atoms with van der Waals surface area (Å²) in [7, 11) is 0. The van der Waals surface area contributed by atoms with Crippen molar-refractivity contribution in [1.29, 1.82) is 0 Å². The van der Waals surface area contributed by atoms with Crippen LogP contribution >= 0.6 is 0 Å². The van der Waals surface area contributed by atoms with E-state index >= 15 is 0 Å². The largest absolute Gasteiger partial charge is 0.384 e. The van der Waals surface area contributed by atoms with Gasteiger partial charge in [-0.25, -0.2) is 0 Å². The average molecular weight is 241 g/mol. The van der Waals surface area contributed by atoms with E-state index in [0.717, 1.165) is 30.3 Å². The molecule has 0 amide bonds. The molecule has 2 heteroatoms. The van der Waals surface area contributed by atoms with Crippen molar-refractivity contribution >= 4 is 10.8 Å². The summed E-state index contributed by atoms with van der Waals surface area (Å²) in [6.45, 7) is 2.93. The maximum Gasteiger partial charge on any atom is 0.103 e. The monoisotopic (exact) mass is 241 g/mol. The zero-order valence-electron chi connectivity index (χ0n) is 10.7. The van der Waals surface area contributed by atoms with Gasteiger partial charge in [0.1, 0.15) is 5.60 Å². The molecule has 0 saturated carbocycles. The molecule has 1 saturated heterocycles. The maximum atomic E-state index is 10.9. The average Bonchev–Trinajstić information content (AvgIpc) is 2.92. The van der Waals surface area contributed by atoms with Crippen molar-refractivity contribution in [3.63, 3.8) is 0 Å². The van der Waals surface area contributed by atoms with Crippen LogP contribution in [0, 0.1) is 0 Å². The second kappa shape index (κ2) is 4.38. The molecular formula is C16H19NO. The van der Waals surface area contributed by atoms with E-state index in [2.05, 4.69) is 23.5 Å². The van der Waals surface area contributed by atoms with Gasteiger partial charge in [-0.15, -0.1) is 0 Å². The molecule has 0 aliphatic carbocycles. The van der Waals surface area contributed by atoms with Gasteiger partial charge < -0.3 is 10.4 Å². The molecule has 94 valence electrons. The maximum absolute atomic E-state index is 10.9. The first-order valence-electron chi connectivity index (χ1n) is 6.63. The predicted octanol–water partition coefficient (Wildman–Crippen LogP) is 2.80. The van der Waals surface area contributed by atoms with E-state index in [1.54, 1.807) is 0 Å². The Kier molecular flexibility index (Phi) is 2.84. The van der Waals surface area contributed by atoms with Crippen molar-refractivity contribution in [3.8, 4) is 0 Å². The molecule has 1 fully saturated rings. The van der Waals surface area contributed by atoms with Crippen LogP contribution in [0.4, 0.5) is 0 Å². The lowest BCUT2D eigenvalue weighted by atomic mass is 9.84. The summed E-state index contributed by atoms with van der Waals surface area (Å²) >= 11 is 0. The third-order valence-corrected chi connectivity index (χ3v) is 4.07.